The fraction of sp³-hybridized carbons (Fsp3) is 0.700. The molecule has 0 rings (SSSR count). The Morgan fingerprint density at radius 1 is 1.54 bits per heavy atom. The first-order valence-corrected chi connectivity index (χ1v) is 4.60. The number of methoxy groups -OCH3 is 1. The number of carbonyl (C=O) groups excluding carboxylic acids is 1. The van der Waals surface area contributed by atoms with Gasteiger partial charge in [0.15, 0.2) is 0 Å². The molecule has 3 nitrogen and oxygen atoms in total. The Morgan fingerprint density at radius 2 is 2.23 bits per heavy atom. The van der Waals surface area contributed by atoms with Gasteiger partial charge >= 0.3 is 5.97 Å². The van der Waals surface area contributed by atoms with Crippen molar-refractivity contribution < 1.29 is 14.6 Å². The van der Waals surface area contributed by atoms with Crippen molar-refractivity contribution in [1.29, 1.82) is 0 Å². The van der Waals surface area contributed by atoms with Crippen molar-refractivity contribution in [3.63, 3.8) is 0 Å². The van der Waals surface area contributed by atoms with Crippen LogP contribution in [0.2, 0.25) is 0 Å². The summed E-state index contributed by atoms with van der Waals surface area (Å²) in [5.41, 5.74) is 0. The van der Waals surface area contributed by atoms with Crippen molar-refractivity contribution >= 4 is 5.97 Å². The zero-order valence-corrected chi connectivity index (χ0v) is 8.32. The lowest BCUT2D eigenvalue weighted by Gasteiger charge is -2.06. The maximum Gasteiger partial charge on any atom is 0.308 e. The van der Waals surface area contributed by atoms with Crippen molar-refractivity contribution in [2.75, 3.05) is 7.11 Å². The molecule has 0 heterocycles. The number of carbonyl (C=O) groups is 1. The lowest BCUT2D eigenvalue weighted by Crippen LogP contribution is -2.13. The van der Waals surface area contributed by atoms with E-state index in [0.717, 1.165) is 12.8 Å². The fourth-order valence-corrected chi connectivity index (χ4v) is 0.951. The molecular formula is C10H18O3. The van der Waals surface area contributed by atoms with Crippen LogP contribution in [0, 0.1) is 0 Å². The van der Waals surface area contributed by atoms with E-state index in [2.05, 4.69) is 11.7 Å². The molecule has 0 aliphatic rings. The Bertz CT molecular complexity index is 164. The highest BCUT2D eigenvalue weighted by molar-refractivity contribution is 5.69. The van der Waals surface area contributed by atoms with Gasteiger partial charge in [0.1, 0.15) is 0 Å². The third-order valence-corrected chi connectivity index (χ3v) is 1.70. The largest absolute Gasteiger partial charge is 0.469 e. The van der Waals surface area contributed by atoms with E-state index >= 15 is 0 Å². The van der Waals surface area contributed by atoms with Crippen LogP contribution in [0.25, 0.3) is 0 Å². The third-order valence-electron chi connectivity index (χ3n) is 1.70. The van der Waals surface area contributed by atoms with Crippen LogP contribution in [0.1, 0.15) is 32.6 Å². The number of allylic oxidation sites excluding steroid dienone is 2. The molecule has 0 saturated carbocycles. The third kappa shape index (κ3) is 7.53. The van der Waals surface area contributed by atoms with Gasteiger partial charge < -0.3 is 9.84 Å². The molecule has 0 aliphatic heterocycles. The van der Waals surface area contributed by atoms with E-state index in [1.54, 1.807) is 0 Å². The Kier molecular flexibility index (Phi) is 7.30. The van der Waals surface area contributed by atoms with Gasteiger partial charge in [-0.25, -0.2) is 0 Å². The van der Waals surface area contributed by atoms with Gasteiger partial charge in [0, 0.05) is 0 Å². The average Bonchev–Trinajstić information content (AvgIpc) is 2.12. The monoisotopic (exact) mass is 186 g/mol. The minimum absolute atomic E-state index is 0.0937. The highest BCUT2D eigenvalue weighted by Gasteiger charge is 2.09. The van der Waals surface area contributed by atoms with Gasteiger partial charge in [-0.15, -0.1) is 0 Å². The second-order valence-electron chi connectivity index (χ2n) is 2.89. The minimum Gasteiger partial charge on any atom is -0.469 e. The van der Waals surface area contributed by atoms with Crippen molar-refractivity contribution in [3.05, 3.63) is 12.2 Å². The summed E-state index contributed by atoms with van der Waals surface area (Å²) in [5, 5.41) is 9.32. The number of ether oxygens (including phenoxy) is 1. The van der Waals surface area contributed by atoms with Gasteiger partial charge in [0.05, 0.1) is 19.6 Å². The number of hydrogen-bond acceptors (Lipinski definition) is 3. The average molecular weight is 186 g/mol. The summed E-state index contributed by atoms with van der Waals surface area (Å²) in [6.07, 6.45) is 6.01. The molecule has 0 aromatic rings. The second-order valence-corrected chi connectivity index (χ2v) is 2.89. The Labute approximate surface area is 79.4 Å². The number of hydrogen-bond donors (Lipinski definition) is 1. The summed E-state index contributed by atoms with van der Waals surface area (Å²) >= 11 is 0. The molecule has 13 heavy (non-hydrogen) atoms. The van der Waals surface area contributed by atoms with Crippen molar-refractivity contribution in [2.45, 2.75) is 38.7 Å². The van der Waals surface area contributed by atoms with Crippen molar-refractivity contribution in [2.24, 2.45) is 0 Å². The van der Waals surface area contributed by atoms with E-state index in [9.17, 15) is 9.90 Å². The van der Waals surface area contributed by atoms with Crippen LogP contribution in [-0.4, -0.2) is 24.3 Å². The Hall–Kier alpha value is -0.830. The van der Waals surface area contributed by atoms with Gasteiger partial charge in [-0.3, -0.25) is 4.79 Å². The van der Waals surface area contributed by atoms with Crippen molar-refractivity contribution in [3.8, 4) is 0 Å². The van der Waals surface area contributed by atoms with E-state index < -0.39 is 6.10 Å². The van der Waals surface area contributed by atoms with Gasteiger partial charge in [-0.2, -0.15) is 0 Å². The van der Waals surface area contributed by atoms with Crippen LogP contribution < -0.4 is 0 Å². The van der Waals surface area contributed by atoms with E-state index in [4.69, 9.17) is 0 Å². The predicted molar refractivity (Wildman–Crippen MR) is 51.3 cm³/mol. The topological polar surface area (TPSA) is 46.5 Å². The van der Waals surface area contributed by atoms with E-state index in [1.807, 2.05) is 12.2 Å². The van der Waals surface area contributed by atoms with Crippen LogP contribution in [0.4, 0.5) is 0 Å². The maximum absolute atomic E-state index is 10.7. The number of esters is 1. The van der Waals surface area contributed by atoms with Crippen LogP contribution in [0.15, 0.2) is 12.2 Å². The number of rotatable bonds is 6. The first kappa shape index (κ1) is 12.2. The molecular weight excluding hydrogens is 168 g/mol. The van der Waals surface area contributed by atoms with Crippen LogP contribution >= 0.6 is 0 Å². The number of aliphatic hydroxyl groups excluding tert-OH is 1. The molecule has 1 unspecified atom stereocenters. The van der Waals surface area contributed by atoms with Gasteiger partial charge in [0.25, 0.3) is 0 Å². The molecule has 0 aromatic carbocycles. The summed E-state index contributed by atoms with van der Waals surface area (Å²) in [7, 11) is 1.33. The summed E-state index contributed by atoms with van der Waals surface area (Å²) in [4.78, 5) is 10.7. The molecule has 0 amide bonds. The molecule has 0 aromatic heterocycles. The molecule has 0 radical (unpaired) electrons. The quantitative estimate of drug-likeness (QED) is 0.507. The molecule has 0 saturated heterocycles. The lowest BCUT2D eigenvalue weighted by atomic mass is 10.1. The highest BCUT2D eigenvalue weighted by atomic mass is 16.5. The summed E-state index contributed by atoms with van der Waals surface area (Å²) in [5.74, 6) is -0.355. The predicted octanol–water partition coefficient (Wildman–Crippen LogP) is 1.66. The normalized spacial score (nSPS) is 13.2. The summed E-state index contributed by atoms with van der Waals surface area (Å²) < 4.78 is 4.43. The smallest absolute Gasteiger partial charge is 0.308 e. The summed E-state index contributed by atoms with van der Waals surface area (Å²) in [6.45, 7) is 2.06. The molecule has 0 bridgehead atoms. The van der Waals surface area contributed by atoms with Gasteiger partial charge in [0.2, 0.25) is 0 Å². The van der Waals surface area contributed by atoms with Gasteiger partial charge in [-0.1, -0.05) is 19.1 Å². The minimum atomic E-state index is -0.575. The second kappa shape index (κ2) is 7.80. The molecule has 0 spiro atoms. The zero-order chi connectivity index (χ0) is 10.1. The molecule has 0 fully saturated rings. The molecule has 1 N–H and O–H groups in total. The van der Waals surface area contributed by atoms with Crippen LogP contribution in [0.3, 0.4) is 0 Å². The maximum atomic E-state index is 10.7. The van der Waals surface area contributed by atoms with Crippen LogP contribution in [0.5, 0.6) is 0 Å². The first-order chi connectivity index (χ1) is 6.20. The number of aliphatic hydroxyl groups is 1. The van der Waals surface area contributed by atoms with Crippen LogP contribution in [-0.2, 0) is 9.53 Å². The zero-order valence-electron chi connectivity index (χ0n) is 8.32. The van der Waals surface area contributed by atoms with Gasteiger partial charge in [-0.05, 0) is 19.3 Å². The van der Waals surface area contributed by atoms with Crippen molar-refractivity contribution in [1.82, 2.24) is 0 Å². The fourth-order valence-electron chi connectivity index (χ4n) is 0.951. The Balaban J connectivity index is 3.45. The molecule has 76 valence electrons. The van der Waals surface area contributed by atoms with E-state index in [0.29, 0.717) is 6.42 Å². The van der Waals surface area contributed by atoms with E-state index in [-0.39, 0.29) is 12.4 Å². The van der Waals surface area contributed by atoms with E-state index in [1.165, 1.54) is 7.11 Å². The standard InChI is InChI=1S/C10H18O3/c1-3-4-5-6-7-9(11)8-10(12)13-2/h4-5,9,11H,3,6-8H2,1-2H3. The molecule has 3 heteroatoms. The summed E-state index contributed by atoms with van der Waals surface area (Å²) in [6, 6.07) is 0. The molecule has 0 aliphatic carbocycles. The molecule has 1 atom stereocenters. The Morgan fingerprint density at radius 3 is 2.77 bits per heavy atom. The SMILES string of the molecule is CCC=CCCC(O)CC(=O)OC. The first-order valence-electron chi connectivity index (χ1n) is 4.60. The lowest BCUT2D eigenvalue weighted by molar-refractivity contribution is -0.142. The highest BCUT2D eigenvalue weighted by Crippen LogP contribution is 2.03.